The summed E-state index contributed by atoms with van der Waals surface area (Å²) in [6.45, 7) is 2.15. The van der Waals surface area contributed by atoms with Crippen LogP contribution in [-0.2, 0) is 17.8 Å². The van der Waals surface area contributed by atoms with E-state index in [1.807, 2.05) is 22.9 Å². The van der Waals surface area contributed by atoms with E-state index >= 15 is 0 Å². The van der Waals surface area contributed by atoms with Gasteiger partial charge in [-0.15, -0.1) is 22.7 Å². The van der Waals surface area contributed by atoms with Crippen molar-refractivity contribution >= 4 is 44.7 Å². The van der Waals surface area contributed by atoms with Crippen molar-refractivity contribution < 1.29 is 9.18 Å². The predicted molar refractivity (Wildman–Crippen MR) is 135 cm³/mol. The van der Waals surface area contributed by atoms with E-state index in [1.54, 1.807) is 28.0 Å². The molecule has 1 atom stereocenters. The van der Waals surface area contributed by atoms with Gasteiger partial charge in [-0.05, 0) is 59.9 Å². The molecule has 1 saturated heterocycles. The summed E-state index contributed by atoms with van der Waals surface area (Å²) in [6, 6.07) is 12.1. The average molecular weight is 497 g/mol. The Hall–Kier alpha value is -3.04. The number of nitrogens with zero attached hydrogens (tertiary/aromatic N) is 3. The molecule has 4 heterocycles. The molecule has 176 valence electrons. The Labute approximate surface area is 204 Å². The lowest BCUT2D eigenvalue weighted by molar-refractivity contribution is -0.125. The van der Waals surface area contributed by atoms with E-state index in [1.165, 1.54) is 28.3 Å². The van der Waals surface area contributed by atoms with Gasteiger partial charge in [0.2, 0.25) is 11.9 Å². The molecule has 4 aromatic rings. The highest BCUT2D eigenvalue weighted by Crippen LogP contribution is 2.25. The Morgan fingerprint density at radius 2 is 2.00 bits per heavy atom. The van der Waals surface area contributed by atoms with Gasteiger partial charge in [0, 0.05) is 24.5 Å². The molecule has 34 heavy (non-hydrogen) atoms. The zero-order valence-electron chi connectivity index (χ0n) is 18.6. The van der Waals surface area contributed by atoms with Crippen LogP contribution in [0, 0.1) is 11.7 Å². The Morgan fingerprint density at radius 1 is 1.15 bits per heavy atom. The van der Waals surface area contributed by atoms with Crippen molar-refractivity contribution in [1.29, 1.82) is 0 Å². The number of amides is 1. The van der Waals surface area contributed by atoms with Gasteiger partial charge in [-0.1, -0.05) is 18.2 Å². The SMILES string of the molecule is O=C(NCCc1cccs1)[C@@H]1CCCN(c2nc3ccsc3c(=O)n2Cc2ccc(F)cc2)C1. The molecule has 1 amide bonds. The monoisotopic (exact) mass is 496 g/mol. The third-order valence-electron chi connectivity index (χ3n) is 6.13. The number of rotatable bonds is 7. The lowest BCUT2D eigenvalue weighted by Gasteiger charge is -2.34. The normalized spacial score (nSPS) is 16.1. The van der Waals surface area contributed by atoms with Gasteiger partial charge in [0.25, 0.3) is 5.56 Å². The molecule has 1 aliphatic heterocycles. The first-order valence-corrected chi connectivity index (χ1v) is 13.1. The quantitative estimate of drug-likeness (QED) is 0.415. The van der Waals surface area contributed by atoms with Crippen molar-refractivity contribution in [3.63, 3.8) is 0 Å². The molecule has 5 rings (SSSR count). The number of carbonyl (C=O) groups is 1. The van der Waals surface area contributed by atoms with Gasteiger partial charge in [0.05, 0.1) is 18.0 Å². The van der Waals surface area contributed by atoms with Gasteiger partial charge < -0.3 is 10.2 Å². The number of piperidine rings is 1. The summed E-state index contributed by atoms with van der Waals surface area (Å²) in [5, 5.41) is 6.98. The second-order valence-electron chi connectivity index (χ2n) is 8.47. The van der Waals surface area contributed by atoms with Crippen molar-refractivity contribution in [3.05, 3.63) is 79.8 Å². The third kappa shape index (κ3) is 4.90. The molecule has 0 spiro atoms. The first-order valence-electron chi connectivity index (χ1n) is 11.4. The molecule has 0 saturated carbocycles. The van der Waals surface area contributed by atoms with Crippen molar-refractivity contribution in [2.45, 2.75) is 25.8 Å². The first kappa shape index (κ1) is 22.7. The number of benzene rings is 1. The maximum atomic E-state index is 13.4. The fraction of sp³-hybridized carbons (Fsp3) is 0.320. The van der Waals surface area contributed by atoms with Crippen LogP contribution >= 0.6 is 22.7 Å². The highest BCUT2D eigenvalue weighted by molar-refractivity contribution is 7.17. The van der Waals surface area contributed by atoms with Crippen LogP contribution in [0.25, 0.3) is 10.2 Å². The molecule has 1 aliphatic rings. The topological polar surface area (TPSA) is 67.2 Å². The van der Waals surface area contributed by atoms with Gasteiger partial charge in [0.1, 0.15) is 10.5 Å². The molecule has 6 nitrogen and oxygen atoms in total. The first-order chi connectivity index (χ1) is 16.6. The molecular weight excluding hydrogens is 471 g/mol. The Kier molecular flexibility index (Phi) is 6.73. The van der Waals surface area contributed by atoms with E-state index in [9.17, 15) is 14.0 Å². The minimum atomic E-state index is -0.313. The highest BCUT2D eigenvalue weighted by Gasteiger charge is 2.28. The Balaban J connectivity index is 1.37. The zero-order chi connectivity index (χ0) is 23.5. The van der Waals surface area contributed by atoms with Crippen LogP contribution in [0.3, 0.4) is 0 Å². The van der Waals surface area contributed by atoms with Crippen molar-refractivity contribution in [2.24, 2.45) is 5.92 Å². The number of thiophene rings is 2. The number of aromatic nitrogens is 2. The van der Waals surface area contributed by atoms with Crippen LogP contribution < -0.4 is 15.8 Å². The summed E-state index contributed by atoms with van der Waals surface area (Å²) in [5.74, 6) is 0.139. The van der Waals surface area contributed by atoms with Gasteiger partial charge in [-0.3, -0.25) is 14.2 Å². The fourth-order valence-electron chi connectivity index (χ4n) is 4.37. The summed E-state index contributed by atoms with van der Waals surface area (Å²) in [6.07, 6.45) is 2.48. The van der Waals surface area contributed by atoms with E-state index < -0.39 is 0 Å². The van der Waals surface area contributed by atoms with Crippen molar-refractivity contribution in [1.82, 2.24) is 14.9 Å². The van der Waals surface area contributed by atoms with E-state index in [0.717, 1.165) is 31.4 Å². The second-order valence-corrected chi connectivity index (χ2v) is 10.4. The standard InChI is InChI=1S/C25H25FN4O2S2/c26-19-7-5-17(6-8-19)15-30-24(32)22-21(10-14-34-22)28-25(30)29-12-1-3-18(16-29)23(31)27-11-9-20-4-2-13-33-20/h2,4-8,10,13-14,18H,1,3,9,11-12,15-16H2,(H,27,31)/t18-/m1/s1. The number of halogens is 1. The molecule has 0 radical (unpaired) electrons. The molecule has 1 fully saturated rings. The largest absolute Gasteiger partial charge is 0.355 e. The van der Waals surface area contributed by atoms with Crippen LogP contribution in [0.4, 0.5) is 10.3 Å². The van der Waals surface area contributed by atoms with Gasteiger partial charge in [0.15, 0.2) is 0 Å². The maximum absolute atomic E-state index is 13.4. The Bertz CT molecular complexity index is 1330. The second kappa shape index (κ2) is 10.1. The lowest BCUT2D eigenvalue weighted by atomic mass is 9.97. The highest BCUT2D eigenvalue weighted by atomic mass is 32.1. The van der Waals surface area contributed by atoms with Crippen LogP contribution in [-0.4, -0.2) is 35.1 Å². The molecule has 9 heteroatoms. The number of fused-ring (bicyclic) bond motifs is 1. The minimum absolute atomic E-state index is 0.0466. The zero-order valence-corrected chi connectivity index (χ0v) is 20.2. The van der Waals surface area contributed by atoms with E-state index in [4.69, 9.17) is 4.98 Å². The molecule has 1 N–H and O–H groups in total. The maximum Gasteiger partial charge on any atom is 0.273 e. The molecular formula is C25H25FN4O2S2. The molecule has 3 aromatic heterocycles. The summed E-state index contributed by atoms with van der Waals surface area (Å²) in [4.78, 5) is 34.4. The van der Waals surface area contributed by atoms with Crippen molar-refractivity contribution in [3.8, 4) is 0 Å². The molecule has 1 aromatic carbocycles. The molecule has 0 unspecified atom stereocenters. The predicted octanol–water partition coefficient (Wildman–Crippen LogP) is 4.28. The minimum Gasteiger partial charge on any atom is -0.355 e. The number of carbonyl (C=O) groups excluding carboxylic acids is 1. The smallest absolute Gasteiger partial charge is 0.273 e. The van der Waals surface area contributed by atoms with Gasteiger partial charge in [-0.2, -0.15) is 0 Å². The molecule has 0 bridgehead atoms. The van der Waals surface area contributed by atoms with Crippen LogP contribution in [0.2, 0.25) is 0 Å². The van der Waals surface area contributed by atoms with E-state index in [2.05, 4.69) is 16.3 Å². The number of hydrogen-bond acceptors (Lipinski definition) is 6. The summed E-state index contributed by atoms with van der Waals surface area (Å²) in [7, 11) is 0. The number of anilines is 1. The van der Waals surface area contributed by atoms with Crippen LogP contribution in [0.1, 0.15) is 23.3 Å². The van der Waals surface area contributed by atoms with Gasteiger partial charge >= 0.3 is 0 Å². The van der Waals surface area contributed by atoms with Crippen LogP contribution in [0.5, 0.6) is 0 Å². The lowest BCUT2D eigenvalue weighted by Crippen LogP contribution is -2.45. The summed E-state index contributed by atoms with van der Waals surface area (Å²) in [5.41, 5.74) is 1.38. The summed E-state index contributed by atoms with van der Waals surface area (Å²) >= 11 is 3.07. The van der Waals surface area contributed by atoms with Crippen LogP contribution in [0.15, 0.2) is 58.0 Å². The van der Waals surface area contributed by atoms with E-state index in [0.29, 0.717) is 35.8 Å². The third-order valence-corrected chi connectivity index (χ3v) is 7.95. The molecule has 0 aliphatic carbocycles. The van der Waals surface area contributed by atoms with E-state index in [-0.39, 0.29) is 23.2 Å². The number of nitrogens with one attached hydrogen (secondary N) is 1. The van der Waals surface area contributed by atoms with Crippen molar-refractivity contribution in [2.75, 3.05) is 24.5 Å². The fourth-order valence-corrected chi connectivity index (χ4v) is 5.86. The Morgan fingerprint density at radius 3 is 2.79 bits per heavy atom. The average Bonchev–Trinajstić information content (AvgIpc) is 3.54. The van der Waals surface area contributed by atoms with Gasteiger partial charge in [-0.25, -0.2) is 9.37 Å². The summed E-state index contributed by atoms with van der Waals surface area (Å²) < 4.78 is 15.7. The number of hydrogen-bond donors (Lipinski definition) is 1.